The fourth-order valence-corrected chi connectivity index (χ4v) is 2.90. The van der Waals surface area contributed by atoms with Crippen LogP contribution < -0.4 is 10.1 Å². The minimum Gasteiger partial charge on any atom is -0.493 e. The van der Waals surface area contributed by atoms with E-state index in [2.05, 4.69) is 55.6 Å². The maximum atomic E-state index is 5.74. The summed E-state index contributed by atoms with van der Waals surface area (Å²) in [6, 6.07) is 15.2. The summed E-state index contributed by atoms with van der Waals surface area (Å²) < 4.78 is 5.74. The van der Waals surface area contributed by atoms with Gasteiger partial charge in [0.2, 0.25) is 0 Å². The highest BCUT2D eigenvalue weighted by molar-refractivity contribution is 5.59. The molecule has 20 heavy (non-hydrogen) atoms. The van der Waals surface area contributed by atoms with Crippen LogP contribution in [0.1, 0.15) is 36.1 Å². The van der Waals surface area contributed by atoms with E-state index in [1.54, 1.807) is 0 Å². The lowest BCUT2D eigenvalue weighted by Gasteiger charge is -2.29. The molecule has 0 bridgehead atoms. The van der Waals surface area contributed by atoms with Crippen LogP contribution in [0, 0.1) is 6.92 Å². The van der Waals surface area contributed by atoms with Crippen molar-refractivity contribution >= 4 is 5.69 Å². The van der Waals surface area contributed by atoms with E-state index < -0.39 is 0 Å². The Labute approximate surface area is 120 Å². The van der Waals surface area contributed by atoms with Gasteiger partial charge in [-0.1, -0.05) is 43.3 Å². The molecule has 1 heterocycles. The molecular weight excluding hydrogens is 246 g/mol. The van der Waals surface area contributed by atoms with E-state index in [1.165, 1.54) is 22.4 Å². The van der Waals surface area contributed by atoms with Crippen molar-refractivity contribution in [1.29, 1.82) is 0 Å². The minimum atomic E-state index is 0.339. The van der Waals surface area contributed by atoms with Gasteiger partial charge in [0.1, 0.15) is 5.75 Å². The van der Waals surface area contributed by atoms with Gasteiger partial charge in [-0.3, -0.25) is 0 Å². The van der Waals surface area contributed by atoms with E-state index in [1.807, 2.05) is 6.07 Å². The molecule has 1 aliphatic rings. The van der Waals surface area contributed by atoms with Crippen molar-refractivity contribution in [3.63, 3.8) is 0 Å². The summed E-state index contributed by atoms with van der Waals surface area (Å²) in [7, 11) is 0. The van der Waals surface area contributed by atoms with Gasteiger partial charge in [0.15, 0.2) is 0 Å². The van der Waals surface area contributed by atoms with Crippen LogP contribution in [-0.4, -0.2) is 6.61 Å². The molecule has 1 unspecified atom stereocenters. The van der Waals surface area contributed by atoms with E-state index in [9.17, 15) is 0 Å². The predicted molar refractivity (Wildman–Crippen MR) is 83.5 cm³/mol. The van der Waals surface area contributed by atoms with E-state index in [4.69, 9.17) is 4.74 Å². The lowest BCUT2D eigenvalue weighted by Crippen LogP contribution is -2.21. The van der Waals surface area contributed by atoms with Crippen LogP contribution in [-0.2, 0) is 6.42 Å². The molecule has 0 aliphatic carbocycles. The molecule has 2 aromatic rings. The number of rotatable bonds is 3. The number of ether oxygens (including phenoxy) is 1. The van der Waals surface area contributed by atoms with Crippen molar-refractivity contribution in [2.24, 2.45) is 0 Å². The van der Waals surface area contributed by atoms with Gasteiger partial charge < -0.3 is 10.1 Å². The van der Waals surface area contributed by atoms with E-state index in [0.717, 1.165) is 25.2 Å². The molecule has 104 valence electrons. The maximum Gasteiger partial charge on any atom is 0.124 e. The van der Waals surface area contributed by atoms with Crippen molar-refractivity contribution in [2.45, 2.75) is 32.7 Å². The molecule has 0 saturated heterocycles. The number of benzene rings is 2. The van der Waals surface area contributed by atoms with Crippen molar-refractivity contribution in [3.8, 4) is 5.75 Å². The third-order valence-electron chi connectivity index (χ3n) is 4.02. The van der Waals surface area contributed by atoms with E-state index in [0.29, 0.717) is 6.04 Å². The first-order valence-electron chi connectivity index (χ1n) is 7.36. The number of hydrogen-bond acceptors (Lipinski definition) is 2. The van der Waals surface area contributed by atoms with Crippen LogP contribution in [0.3, 0.4) is 0 Å². The monoisotopic (exact) mass is 267 g/mol. The summed E-state index contributed by atoms with van der Waals surface area (Å²) in [4.78, 5) is 0. The van der Waals surface area contributed by atoms with Crippen molar-refractivity contribution in [3.05, 3.63) is 59.2 Å². The standard InChI is InChI=1S/C18H21NO/c1-3-14-8-6-7-13(2)18(14)19-16-11-12-20-17-10-5-4-9-15(16)17/h4-10,16,19H,3,11-12H2,1-2H3. The molecule has 0 fully saturated rings. The molecular formula is C18H21NO. The average Bonchev–Trinajstić information content (AvgIpc) is 2.49. The zero-order chi connectivity index (χ0) is 13.9. The number of nitrogens with one attached hydrogen (secondary N) is 1. The maximum absolute atomic E-state index is 5.74. The van der Waals surface area contributed by atoms with Crippen LogP contribution in [0.4, 0.5) is 5.69 Å². The van der Waals surface area contributed by atoms with Gasteiger partial charge in [-0.2, -0.15) is 0 Å². The summed E-state index contributed by atoms with van der Waals surface area (Å²) >= 11 is 0. The quantitative estimate of drug-likeness (QED) is 0.884. The van der Waals surface area contributed by atoms with Crippen molar-refractivity contribution in [2.75, 3.05) is 11.9 Å². The molecule has 1 N–H and O–H groups in total. The number of aryl methyl sites for hydroxylation is 2. The molecule has 2 heteroatoms. The van der Waals surface area contributed by atoms with Crippen LogP contribution >= 0.6 is 0 Å². The van der Waals surface area contributed by atoms with Crippen LogP contribution in [0.2, 0.25) is 0 Å². The zero-order valence-corrected chi connectivity index (χ0v) is 12.1. The molecule has 0 aromatic heterocycles. The van der Waals surface area contributed by atoms with Gasteiger partial charge in [0.05, 0.1) is 12.6 Å². The van der Waals surface area contributed by atoms with Gasteiger partial charge in [-0.15, -0.1) is 0 Å². The van der Waals surface area contributed by atoms with E-state index >= 15 is 0 Å². The molecule has 0 radical (unpaired) electrons. The first kappa shape index (κ1) is 13.0. The number of fused-ring (bicyclic) bond motifs is 1. The highest BCUT2D eigenvalue weighted by Crippen LogP contribution is 2.35. The fraction of sp³-hybridized carbons (Fsp3) is 0.333. The summed E-state index contributed by atoms with van der Waals surface area (Å²) in [6.07, 6.45) is 2.06. The number of para-hydroxylation sites is 2. The first-order valence-corrected chi connectivity index (χ1v) is 7.36. The highest BCUT2D eigenvalue weighted by Gasteiger charge is 2.21. The molecule has 2 aromatic carbocycles. The summed E-state index contributed by atoms with van der Waals surface area (Å²) in [6.45, 7) is 5.16. The Bertz CT molecular complexity index is 606. The second-order valence-electron chi connectivity index (χ2n) is 5.33. The first-order chi connectivity index (χ1) is 9.79. The lowest BCUT2D eigenvalue weighted by atomic mass is 9.98. The predicted octanol–water partition coefficient (Wildman–Crippen LogP) is 4.49. The summed E-state index contributed by atoms with van der Waals surface area (Å²) in [5.41, 5.74) is 5.25. The smallest absolute Gasteiger partial charge is 0.124 e. The fourth-order valence-electron chi connectivity index (χ4n) is 2.90. The molecule has 1 aliphatic heterocycles. The van der Waals surface area contributed by atoms with Crippen LogP contribution in [0.15, 0.2) is 42.5 Å². The van der Waals surface area contributed by atoms with Crippen LogP contribution in [0.5, 0.6) is 5.75 Å². The Morgan fingerprint density at radius 3 is 2.85 bits per heavy atom. The number of anilines is 1. The third-order valence-corrected chi connectivity index (χ3v) is 4.02. The SMILES string of the molecule is CCc1cccc(C)c1NC1CCOc2ccccc21. The van der Waals surface area contributed by atoms with Gasteiger partial charge in [-0.25, -0.2) is 0 Å². The van der Waals surface area contributed by atoms with Gasteiger partial charge in [0.25, 0.3) is 0 Å². The van der Waals surface area contributed by atoms with Gasteiger partial charge in [0, 0.05) is 17.7 Å². The Morgan fingerprint density at radius 2 is 2.00 bits per heavy atom. The van der Waals surface area contributed by atoms with Crippen molar-refractivity contribution in [1.82, 2.24) is 0 Å². The Balaban J connectivity index is 1.93. The molecule has 2 nitrogen and oxygen atoms in total. The molecule has 3 rings (SSSR count). The molecule has 1 atom stereocenters. The molecule has 0 spiro atoms. The minimum absolute atomic E-state index is 0.339. The van der Waals surface area contributed by atoms with Crippen molar-refractivity contribution < 1.29 is 4.74 Å². The zero-order valence-electron chi connectivity index (χ0n) is 12.1. The highest BCUT2D eigenvalue weighted by atomic mass is 16.5. The Morgan fingerprint density at radius 1 is 1.15 bits per heavy atom. The molecule has 0 saturated carbocycles. The third kappa shape index (κ3) is 2.38. The topological polar surface area (TPSA) is 21.3 Å². The van der Waals surface area contributed by atoms with Gasteiger partial charge in [-0.05, 0) is 30.5 Å². The van der Waals surface area contributed by atoms with E-state index in [-0.39, 0.29) is 0 Å². The lowest BCUT2D eigenvalue weighted by molar-refractivity contribution is 0.274. The summed E-state index contributed by atoms with van der Waals surface area (Å²) in [5, 5.41) is 3.74. The molecule has 0 amide bonds. The van der Waals surface area contributed by atoms with Crippen LogP contribution in [0.25, 0.3) is 0 Å². The average molecular weight is 267 g/mol. The number of hydrogen-bond donors (Lipinski definition) is 1. The largest absolute Gasteiger partial charge is 0.493 e. The Hall–Kier alpha value is -1.96. The second kappa shape index (κ2) is 5.58. The summed E-state index contributed by atoms with van der Waals surface area (Å²) in [5.74, 6) is 1.02. The Kier molecular flexibility index (Phi) is 3.64. The second-order valence-corrected chi connectivity index (χ2v) is 5.33. The normalized spacial score (nSPS) is 17.2. The van der Waals surface area contributed by atoms with Gasteiger partial charge >= 0.3 is 0 Å².